The molecule has 0 amide bonds. The molecule has 1 aliphatic rings. The Labute approximate surface area is 148 Å². The van der Waals surface area contributed by atoms with Gasteiger partial charge in [-0.25, -0.2) is 4.98 Å². The molecule has 6 heteroatoms. The minimum atomic E-state index is 0.666. The molecule has 0 fully saturated rings. The zero-order chi connectivity index (χ0) is 16.4. The predicted octanol–water partition coefficient (Wildman–Crippen LogP) is 4.17. The molecule has 2 aromatic heterocycles. The van der Waals surface area contributed by atoms with Crippen LogP contribution in [0.4, 0.5) is 5.82 Å². The summed E-state index contributed by atoms with van der Waals surface area (Å²) in [4.78, 5) is 8.56. The minimum Gasteiger partial charge on any atom is -0.490 e. The van der Waals surface area contributed by atoms with E-state index in [1.807, 2.05) is 24.3 Å². The third kappa shape index (κ3) is 3.01. The first-order valence-corrected chi connectivity index (χ1v) is 8.61. The van der Waals surface area contributed by atoms with Crippen LogP contribution in [0, 0.1) is 0 Å². The number of fused-ring (bicyclic) bond motifs is 2. The minimum absolute atomic E-state index is 0.666. The lowest BCUT2D eigenvalue weighted by atomic mass is 10.1. The lowest BCUT2D eigenvalue weighted by Gasteiger charge is -2.13. The van der Waals surface area contributed by atoms with E-state index in [-0.39, 0.29) is 0 Å². The fraction of sp³-hybridized carbons (Fsp3) is 0.222. The molecular formula is C18H16BrN3O2. The molecule has 0 bridgehead atoms. The van der Waals surface area contributed by atoms with E-state index >= 15 is 0 Å². The lowest BCUT2D eigenvalue weighted by Crippen LogP contribution is -2.02. The SMILES string of the molecule is Brc1cnc(NCc2ccncc2)c2cc3c(cc12)OCCCO3. The Kier molecular flexibility index (Phi) is 4.21. The number of benzene rings is 1. The van der Waals surface area contributed by atoms with Gasteiger partial charge in [-0.05, 0) is 45.8 Å². The maximum absolute atomic E-state index is 5.81. The number of rotatable bonds is 3. The van der Waals surface area contributed by atoms with Gasteiger partial charge in [-0.2, -0.15) is 0 Å². The van der Waals surface area contributed by atoms with E-state index in [9.17, 15) is 0 Å². The Hall–Kier alpha value is -2.34. The van der Waals surface area contributed by atoms with E-state index in [4.69, 9.17) is 9.47 Å². The molecule has 0 unspecified atom stereocenters. The standard InChI is InChI=1S/C18H16BrN3O2/c19-15-11-22-18(21-10-12-2-4-20-5-3-12)14-9-17-16(8-13(14)15)23-6-1-7-24-17/h2-5,8-9,11H,1,6-7,10H2,(H,21,22). The molecule has 1 N–H and O–H groups in total. The molecule has 3 heterocycles. The first kappa shape index (κ1) is 15.2. The van der Waals surface area contributed by atoms with Crippen LogP contribution in [0.25, 0.3) is 10.8 Å². The molecule has 4 rings (SSSR count). The van der Waals surface area contributed by atoms with Crippen molar-refractivity contribution in [2.24, 2.45) is 0 Å². The number of hydrogen-bond acceptors (Lipinski definition) is 5. The summed E-state index contributed by atoms with van der Waals surface area (Å²) in [5, 5.41) is 5.45. The maximum Gasteiger partial charge on any atom is 0.161 e. The van der Waals surface area contributed by atoms with Crippen molar-refractivity contribution in [2.45, 2.75) is 13.0 Å². The molecular weight excluding hydrogens is 370 g/mol. The van der Waals surface area contributed by atoms with Crippen molar-refractivity contribution >= 4 is 32.5 Å². The Morgan fingerprint density at radius 3 is 2.50 bits per heavy atom. The second-order valence-corrected chi connectivity index (χ2v) is 6.41. The van der Waals surface area contributed by atoms with Gasteiger partial charge in [-0.1, -0.05) is 0 Å². The van der Waals surface area contributed by atoms with Crippen LogP contribution in [0.3, 0.4) is 0 Å². The van der Waals surface area contributed by atoms with E-state index in [2.05, 4.69) is 31.2 Å². The second-order valence-electron chi connectivity index (χ2n) is 5.56. The summed E-state index contributed by atoms with van der Waals surface area (Å²) >= 11 is 3.58. The van der Waals surface area contributed by atoms with Gasteiger partial charge in [0.1, 0.15) is 5.82 Å². The average molecular weight is 386 g/mol. The molecule has 122 valence electrons. The van der Waals surface area contributed by atoms with Crippen LogP contribution in [-0.4, -0.2) is 23.2 Å². The number of halogens is 1. The van der Waals surface area contributed by atoms with Crippen LogP contribution >= 0.6 is 15.9 Å². The van der Waals surface area contributed by atoms with Crippen molar-refractivity contribution in [3.8, 4) is 11.5 Å². The molecule has 24 heavy (non-hydrogen) atoms. The first-order chi connectivity index (χ1) is 11.8. The molecule has 0 spiro atoms. The number of hydrogen-bond donors (Lipinski definition) is 1. The molecule has 1 aliphatic heterocycles. The van der Waals surface area contributed by atoms with Crippen molar-refractivity contribution in [1.29, 1.82) is 0 Å². The molecule has 0 atom stereocenters. The lowest BCUT2D eigenvalue weighted by molar-refractivity contribution is 0.297. The molecule has 0 saturated carbocycles. The van der Waals surface area contributed by atoms with Crippen molar-refractivity contribution in [3.05, 3.63) is 52.9 Å². The molecule has 1 aromatic carbocycles. The summed E-state index contributed by atoms with van der Waals surface area (Å²) in [6.07, 6.45) is 6.27. The average Bonchev–Trinajstić information content (AvgIpc) is 2.86. The molecule has 0 saturated heterocycles. The number of anilines is 1. The Bertz CT molecular complexity index is 871. The zero-order valence-corrected chi connectivity index (χ0v) is 14.5. The normalized spacial score (nSPS) is 13.5. The van der Waals surface area contributed by atoms with Crippen molar-refractivity contribution in [2.75, 3.05) is 18.5 Å². The highest BCUT2D eigenvalue weighted by atomic mass is 79.9. The van der Waals surface area contributed by atoms with Crippen molar-refractivity contribution in [3.63, 3.8) is 0 Å². The first-order valence-electron chi connectivity index (χ1n) is 7.82. The fourth-order valence-electron chi connectivity index (χ4n) is 2.69. The van der Waals surface area contributed by atoms with Gasteiger partial charge in [-0.3, -0.25) is 4.98 Å². The number of pyridine rings is 2. The van der Waals surface area contributed by atoms with Gasteiger partial charge in [0.05, 0.1) is 13.2 Å². The van der Waals surface area contributed by atoms with Crippen LogP contribution in [-0.2, 0) is 6.54 Å². The Morgan fingerprint density at radius 2 is 1.75 bits per heavy atom. The topological polar surface area (TPSA) is 56.3 Å². The molecule has 3 aromatic rings. The Balaban J connectivity index is 1.73. The zero-order valence-electron chi connectivity index (χ0n) is 13.0. The summed E-state index contributed by atoms with van der Waals surface area (Å²) in [6, 6.07) is 7.98. The van der Waals surface area contributed by atoms with Crippen molar-refractivity contribution < 1.29 is 9.47 Å². The van der Waals surface area contributed by atoms with Gasteiger partial charge in [0.2, 0.25) is 0 Å². The number of ether oxygens (including phenoxy) is 2. The van der Waals surface area contributed by atoms with Crippen LogP contribution < -0.4 is 14.8 Å². The number of aromatic nitrogens is 2. The fourth-order valence-corrected chi connectivity index (χ4v) is 3.12. The van der Waals surface area contributed by atoms with Gasteiger partial charge in [0.25, 0.3) is 0 Å². The summed E-state index contributed by atoms with van der Waals surface area (Å²) < 4.78 is 12.5. The Morgan fingerprint density at radius 1 is 1.04 bits per heavy atom. The number of nitrogens with zero attached hydrogens (tertiary/aromatic N) is 2. The van der Waals surface area contributed by atoms with E-state index in [1.54, 1.807) is 18.6 Å². The molecule has 0 radical (unpaired) electrons. The van der Waals surface area contributed by atoms with Gasteiger partial charge < -0.3 is 14.8 Å². The maximum atomic E-state index is 5.81. The van der Waals surface area contributed by atoms with Crippen LogP contribution in [0.15, 0.2) is 47.3 Å². The van der Waals surface area contributed by atoms with Crippen LogP contribution in [0.5, 0.6) is 11.5 Å². The molecule has 0 aliphatic carbocycles. The summed E-state index contributed by atoms with van der Waals surface area (Å²) in [5.41, 5.74) is 1.15. The predicted molar refractivity (Wildman–Crippen MR) is 96.6 cm³/mol. The summed E-state index contributed by atoms with van der Waals surface area (Å²) in [6.45, 7) is 2.02. The van der Waals surface area contributed by atoms with Crippen molar-refractivity contribution in [1.82, 2.24) is 9.97 Å². The highest BCUT2D eigenvalue weighted by Gasteiger charge is 2.15. The van der Waals surface area contributed by atoms with Crippen LogP contribution in [0.1, 0.15) is 12.0 Å². The van der Waals surface area contributed by atoms with Gasteiger partial charge in [0.15, 0.2) is 11.5 Å². The van der Waals surface area contributed by atoms with Crippen LogP contribution in [0.2, 0.25) is 0 Å². The smallest absolute Gasteiger partial charge is 0.161 e. The number of nitrogens with one attached hydrogen (secondary N) is 1. The van der Waals surface area contributed by atoms with E-state index in [0.29, 0.717) is 19.8 Å². The largest absolute Gasteiger partial charge is 0.490 e. The monoisotopic (exact) mass is 385 g/mol. The van der Waals surface area contributed by atoms with Gasteiger partial charge in [0, 0.05) is 46.8 Å². The quantitative estimate of drug-likeness (QED) is 0.733. The highest BCUT2D eigenvalue weighted by molar-refractivity contribution is 9.10. The van der Waals surface area contributed by atoms with E-state index < -0.39 is 0 Å². The summed E-state index contributed by atoms with van der Waals surface area (Å²) in [7, 11) is 0. The highest BCUT2D eigenvalue weighted by Crippen LogP contribution is 2.39. The second kappa shape index (κ2) is 6.65. The third-order valence-electron chi connectivity index (χ3n) is 3.92. The van der Waals surface area contributed by atoms with Gasteiger partial charge in [-0.15, -0.1) is 0 Å². The summed E-state index contributed by atoms with van der Waals surface area (Å²) in [5.74, 6) is 2.37. The van der Waals surface area contributed by atoms with E-state index in [1.165, 1.54) is 0 Å². The van der Waals surface area contributed by atoms with Gasteiger partial charge >= 0.3 is 0 Å². The van der Waals surface area contributed by atoms with E-state index in [0.717, 1.165) is 44.5 Å². The third-order valence-corrected chi connectivity index (χ3v) is 4.55. The molecule has 5 nitrogen and oxygen atoms in total.